The van der Waals surface area contributed by atoms with Gasteiger partial charge in [0, 0.05) is 11.5 Å². The second kappa shape index (κ2) is 8.32. The SMILES string of the molecule is CCOc1cc2cc([N+](=O)[O-])c3c(C(=O)O)cc(OCC)c(OC)c3c2cc1OC. The molecule has 0 aliphatic carbocycles. The van der Waals surface area contributed by atoms with Crippen LogP contribution in [0.25, 0.3) is 21.5 Å². The van der Waals surface area contributed by atoms with Gasteiger partial charge in [0.1, 0.15) is 0 Å². The summed E-state index contributed by atoms with van der Waals surface area (Å²) in [6, 6.07) is 5.84. The van der Waals surface area contributed by atoms with Crippen LogP contribution in [-0.2, 0) is 0 Å². The minimum absolute atomic E-state index is 0.0495. The van der Waals surface area contributed by atoms with Crippen molar-refractivity contribution in [2.45, 2.75) is 13.8 Å². The molecule has 0 bridgehead atoms. The van der Waals surface area contributed by atoms with Gasteiger partial charge in [-0.05, 0) is 42.8 Å². The summed E-state index contributed by atoms with van der Waals surface area (Å²) in [7, 11) is 2.87. The quantitative estimate of drug-likeness (QED) is 0.326. The minimum Gasteiger partial charge on any atom is -0.493 e. The number of nitro groups is 1. The summed E-state index contributed by atoms with van der Waals surface area (Å²) in [4.78, 5) is 23.2. The molecule has 3 rings (SSSR count). The third kappa shape index (κ3) is 3.38. The molecule has 0 unspecified atom stereocenters. The molecule has 0 amide bonds. The highest BCUT2D eigenvalue weighted by Crippen LogP contribution is 2.47. The number of fused-ring (bicyclic) bond motifs is 3. The smallest absolute Gasteiger partial charge is 0.336 e. The number of carbonyl (C=O) groups is 1. The van der Waals surface area contributed by atoms with Crippen LogP contribution in [-0.4, -0.2) is 43.4 Å². The zero-order valence-corrected chi connectivity index (χ0v) is 17.0. The van der Waals surface area contributed by atoms with Crippen LogP contribution < -0.4 is 18.9 Å². The van der Waals surface area contributed by atoms with Gasteiger partial charge in [-0.2, -0.15) is 0 Å². The lowest BCUT2D eigenvalue weighted by molar-refractivity contribution is -0.383. The molecule has 3 aromatic rings. The van der Waals surface area contributed by atoms with Crippen LogP contribution in [0.15, 0.2) is 24.3 Å². The second-order valence-electron chi connectivity index (χ2n) is 6.25. The first-order valence-corrected chi connectivity index (χ1v) is 9.20. The van der Waals surface area contributed by atoms with E-state index in [4.69, 9.17) is 18.9 Å². The van der Waals surface area contributed by atoms with E-state index in [0.29, 0.717) is 28.9 Å². The highest BCUT2D eigenvalue weighted by atomic mass is 16.6. The summed E-state index contributed by atoms with van der Waals surface area (Å²) >= 11 is 0. The minimum atomic E-state index is -1.32. The van der Waals surface area contributed by atoms with Gasteiger partial charge in [0.2, 0.25) is 0 Å². The van der Waals surface area contributed by atoms with Crippen LogP contribution in [0.3, 0.4) is 0 Å². The van der Waals surface area contributed by atoms with E-state index in [0.717, 1.165) is 0 Å². The molecule has 0 aromatic heterocycles. The number of non-ortho nitro benzene ring substituents is 1. The van der Waals surface area contributed by atoms with E-state index in [1.165, 1.54) is 26.4 Å². The Morgan fingerprint density at radius 2 is 1.63 bits per heavy atom. The first-order valence-electron chi connectivity index (χ1n) is 9.20. The molecule has 0 aliphatic heterocycles. The van der Waals surface area contributed by atoms with Gasteiger partial charge in [0.15, 0.2) is 23.0 Å². The lowest BCUT2D eigenvalue weighted by atomic mass is 9.94. The van der Waals surface area contributed by atoms with Crippen molar-refractivity contribution in [1.29, 1.82) is 0 Å². The second-order valence-corrected chi connectivity index (χ2v) is 6.25. The van der Waals surface area contributed by atoms with Gasteiger partial charge in [-0.15, -0.1) is 0 Å². The van der Waals surface area contributed by atoms with Crippen molar-refractivity contribution < 1.29 is 33.8 Å². The van der Waals surface area contributed by atoms with Crippen molar-refractivity contribution in [2.24, 2.45) is 0 Å². The lowest BCUT2D eigenvalue weighted by Gasteiger charge is -2.17. The summed E-state index contributed by atoms with van der Waals surface area (Å²) in [5.74, 6) is -0.111. The summed E-state index contributed by atoms with van der Waals surface area (Å²) in [5, 5.41) is 22.8. The molecule has 0 saturated heterocycles. The highest BCUT2D eigenvalue weighted by Gasteiger charge is 2.28. The van der Waals surface area contributed by atoms with Crippen LogP contribution >= 0.6 is 0 Å². The van der Waals surface area contributed by atoms with E-state index in [2.05, 4.69) is 0 Å². The first-order chi connectivity index (χ1) is 14.4. The Hall–Kier alpha value is -3.75. The number of carboxylic acids is 1. The van der Waals surface area contributed by atoms with Crippen molar-refractivity contribution in [2.75, 3.05) is 27.4 Å². The van der Waals surface area contributed by atoms with Crippen molar-refractivity contribution in [3.05, 3.63) is 39.9 Å². The van der Waals surface area contributed by atoms with E-state index < -0.39 is 10.9 Å². The number of carboxylic acid groups (broad SMARTS) is 1. The Morgan fingerprint density at radius 1 is 0.967 bits per heavy atom. The van der Waals surface area contributed by atoms with Gasteiger partial charge in [0.05, 0.1) is 43.3 Å². The number of nitro benzene ring substituents is 1. The predicted molar refractivity (Wildman–Crippen MR) is 111 cm³/mol. The third-order valence-electron chi connectivity index (χ3n) is 4.63. The zero-order chi connectivity index (χ0) is 22.0. The average molecular weight is 415 g/mol. The molecule has 0 saturated carbocycles. The lowest BCUT2D eigenvalue weighted by Crippen LogP contribution is -2.05. The van der Waals surface area contributed by atoms with Crippen molar-refractivity contribution >= 4 is 33.2 Å². The molecular weight excluding hydrogens is 394 g/mol. The molecule has 3 aromatic carbocycles. The maximum atomic E-state index is 12.0. The molecule has 9 nitrogen and oxygen atoms in total. The standard InChI is InChI=1S/C21H21NO8/c1-5-29-16-8-11-7-14(22(25)26)18-13(21(23)24)10-17(30-6-2)20(28-4)19(18)12(11)9-15(16)27-3/h7-10H,5-6H2,1-4H3,(H,23,24). The normalized spacial score (nSPS) is 10.8. The van der Waals surface area contributed by atoms with Gasteiger partial charge < -0.3 is 24.1 Å². The topological polar surface area (TPSA) is 117 Å². The zero-order valence-electron chi connectivity index (χ0n) is 17.0. The maximum absolute atomic E-state index is 12.0. The van der Waals surface area contributed by atoms with Gasteiger partial charge in [-0.3, -0.25) is 10.1 Å². The largest absolute Gasteiger partial charge is 0.493 e. The Bertz CT molecular complexity index is 1160. The average Bonchev–Trinajstić information content (AvgIpc) is 2.72. The fraction of sp³-hybridized carbons (Fsp3) is 0.286. The molecule has 0 fully saturated rings. The molecule has 0 radical (unpaired) electrons. The van der Waals surface area contributed by atoms with Crippen LogP contribution in [0.1, 0.15) is 24.2 Å². The summed E-state index contributed by atoms with van der Waals surface area (Å²) in [6.45, 7) is 4.18. The Labute approximate surface area is 171 Å². The van der Waals surface area contributed by atoms with Gasteiger partial charge in [0.25, 0.3) is 5.69 Å². The first kappa shape index (κ1) is 21.0. The molecule has 0 aliphatic rings. The number of aromatic carboxylic acids is 1. The number of benzene rings is 3. The molecule has 9 heteroatoms. The number of rotatable bonds is 8. The van der Waals surface area contributed by atoms with Crippen LogP contribution in [0.5, 0.6) is 23.0 Å². The number of ether oxygens (including phenoxy) is 4. The van der Waals surface area contributed by atoms with E-state index >= 15 is 0 Å². The highest BCUT2D eigenvalue weighted by molar-refractivity contribution is 6.21. The Morgan fingerprint density at radius 3 is 2.17 bits per heavy atom. The van der Waals surface area contributed by atoms with Crippen LogP contribution in [0.4, 0.5) is 5.69 Å². The molecule has 30 heavy (non-hydrogen) atoms. The Balaban J connectivity index is 2.64. The molecule has 1 N–H and O–H groups in total. The van der Waals surface area contributed by atoms with E-state index in [1.54, 1.807) is 19.1 Å². The molecule has 0 spiro atoms. The summed E-state index contributed by atoms with van der Waals surface area (Å²) in [6.07, 6.45) is 0. The monoisotopic (exact) mass is 415 g/mol. The van der Waals surface area contributed by atoms with Gasteiger partial charge >= 0.3 is 5.97 Å². The molecule has 0 atom stereocenters. The third-order valence-corrected chi connectivity index (χ3v) is 4.63. The van der Waals surface area contributed by atoms with E-state index in [1.807, 2.05) is 6.92 Å². The van der Waals surface area contributed by atoms with Crippen molar-refractivity contribution in [3.63, 3.8) is 0 Å². The number of methoxy groups -OCH3 is 2. The predicted octanol–water partition coefficient (Wildman–Crippen LogP) is 4.41. The fourth-order valence-corrected chi connectivity index (χ4v) is 3.50. The van der Waals surface area contributed by atoms with Crippen LogP contribution in [0, 0.1) is 10.1 Å². The number of hydrogen-bond donors (Lipinski definition) is 1. The molecular formula is C21H21NO8. The van der Waals surface area contributed by atoms with Crippen molar-refractivity contribution in [1.82, 2.24) is 0 Å². The van der Waals surface area contributed by atoms with E-state index in [9.17, 15) is 20.0 Å². The van der Waals surface area contributed by atoms with Gasteiger partial charge in [-0.25, -0.2) is 4.79 Å². The summed E-state index contributed by atoms with van der Waals surface area (Å²) < 4.78 is 22.1. The number of hydrogen-bond acceptors (Lipinski definition) is 7. The maximum Gasteiger partial charge on any atom is 0.336 e. The molecule has 158 valence electrons. The number of nitrogens with zero attached hydrogens (tertiary/aromatic N) is 1. The van der Waals surface area contributed by atoms with E-state index in [-0.39, 0.29) is 40.1 Å². The Kier molecular flexibility index (Phi) is 5.81. The summed E-state index contributed by atoms with van der Waals surface area (Å²) in [5.41, 5.74) is -0.612. The van der Waals surface area contributed by atoms with Gasteiger partial charge in [-0.1, -0.05) is 0 Å². The van der Waals surface area contributed by atoms with Crippen molar-refractivity contribution in [3.8, 4) is 23.0 Å². The van der Waals surface area contributed by atoms with Crippen LogP contribution in [0.2, 0.25) is 0 Å². The fourth-order valence-electron chi connectivity index (χ4n) is 3.50. The molecule has 0 heterocycles.